The Kier molecular flexibility index (Phi) is 3.70. The van der Waals surface area contributed by atoms with Crippen LogP contribution in [0.3, 0.4) is 0 Å². The van der Waals surface area contributed by atoms with Crippen molar-refractivity contribution in [1.29, 1.82) is 0 Å². The van der Waals surface area contributed by atoms with Gasteiger partial charge in [0.2, 0.25) is 0 Å². The molecule has 0 radical (unpaired) electrons. The van der Waals surface area contributed by atoms with E-state index in [4.69, 9.17) is 4.74 Å². The summed E-state index contributed by atoms with van der Waals surface area (Å²) in [7, 11) is 0. The normalized spacial score (nSPS) is 27.0. The fourth-order valence-corrected chi connectivity index (χ4v) is 2.92. The van der Waals surface area contributed by atoms with Gasteiger partial charge in [-0.05, 0) is 43.9 Å². The molecule has 3 atom stereocenters. The zero-order valence-electron chi connectivity index (χ0n) is 10.2. The first-order valence-corrected chi connectivity index (χ1v) is 6.82. The molecule has 1 aromatic rings. The van der Waals surface area contributed by atoms with E-state index >= 15 is 0 Å². The lowest BCUT2D eigenvalue weighted by molar-refractivity contribution is 0.120. The summed E-state index contributed by atoms with van der Waals surface area (Å²) in [4.78, 5) is 0.428. The van der Waals surface area contributed by atoms with Crippen LogP contribution in [0.2, 0.25) is 0 Å². The highest BCUT2D eigenvalue weighted by molar-refractivity contribution is 9.09. The minimum atomic E-state index is 0.414. The van der Waals surface area contributed by atoms with Crippen LogP contribution in [0.4, 0.5) is 0 Å². The number of halogens is 1. The van der Waals surface area contributed by atoms with Crippen LogP contribution in [0, 0.1) is 19.8 Å². The van der Waals surface area contributed by atoms with Gasteiger partial charge in [0.05, 0.1) is 12.7 Å². The Labute approximate surface area is 106 Å². The molecule has 0 spiro atoms. The van der Waals surface area contributed by atoms with Crippen molar-refractivity contribution >= 4 is 15.9 Å². The van der Waals surface area contributed by atoms with Crippen LogP contribution in [-0.2, 0) is 4.74 Å². The minimum Gasteiger partial charge on any atom is -0.378 e. The molecule has 0 aromatic heterocycles. The Hall–Kier alpha value is -0.340. The van der Waals surface area contributed by atoms with Gasteiger partial charge in [0.15, 0.2) is 0 Å². The largest absolute Gasteiger partial charge is 0.378 e. The highest BCUT2D eigenvalue weighted by Crippen LogP contribution is 2.38. The Bertz CT molecular complexity index is 375. The number of hydrogen-bond donors (Lipinski definition) is 0. The van der Waals surface area contributed by atoms with Gasteiger partial charge in [0.1, 0.15) is 0 Å². The molecule has 88 valence electrons. The number of rotatable bonds is 2. The average molecular weight is 283 g/mol. The van der Waals surface area contributed by atoms with E-state index in [1.54, 1.807) is 0 Å². The zero-order chi connectivity index (χ0) is 11.7. The van der Waals surface area contributed by atoms with Crippen LogP contribution >= 0.6 is 15.9 Å². The van der Waals surface area contributed by atoms with Gasteiger partial charge in [-0.15, -0.1) is 0 Å². The molecular weight excluding hydrogens is 264 g/mol. The lowest BCUT2D eigenvalue weighted by atomic mass is 9.95. The second kappa shape index (κ2) is 4.89. The predicted molar refractivity (Wildman–Crippen MR) is 71.1 cm³/mol. The topological polar surface area (TPSA) is 9.23 Å². The fourth-order valence-electron chi connectivity index (χ4n) is 2.26. The van der Waals surface area contributed by atoms with Crippen molar-refractivity contribution in [1.82, 2.24) is 0 Å². The van der Waals surface area contributed by atoms with Gasteiger partial charge in [0, 0.05) is 10.7 Å². The first-order chi connectivity index (χ1) is 7.58. The molecule has 1 heterocycles. The molecule has 2 heteroatoms. The van der Waals surface area contributed by atoms with E-state index in [0.717, 1.165) is 13.0 Å². The van der Waals surface area contributed by atoms with Gasteiger partial charge in [-0.25, -0.2) is 0 Å². The summed E-state index contributed by atoms with van der Waals surface area (Å²) in [6.07, 6.45) is 1.57. The monoisotopic (exact) mass is 282 g/mol. The van der Waals surface area contributed by atoms with Crippen molar-refractivity contribution in [3.63, 3.8) is 0 Å². The molecule has 0 aliphatic carbocycles. The van der Waals surface area contributed by atoms with Crippen molar-refractivity contribution < 1.29 is 4.74 Å². The molecule has 2 rings (SSSR count). The van der Waals surface area contributed by atoms with E-state index in [1.165, 1.54) is 16.7 Å². The summed E-state index contributed by atoms with van der Waals surface area (Å²) >= 11 is 3.82. The molecule has 1 saturated heterocycles. The maximum atomic E-state index is 5.63. The van der Waals surface area contributed by atoms with Gasteiger partial charge in [-0.2, -0.15) is 0 Å². The van der Waals surface area contributed by atoms with Crippen LogP contribution in [0.25, 0.3) is 0 Å². The Morgan fingerprint density at radius 3 is 2.62 bits per heavy atom. The Morgan fingerprint density at radius 2 is 2.06 bits per heavy atom. The highest BCUT2D eigenvalue weighted by atomic mass is 79.9. The van der Waals surface area contributed by atoms with Gasteiger partial charge in [-0.3, -0.25) is 0 Å². The van der Waals surface area contributed by atoms with Gasteiger partial charge < -0.3 is 4.74 Å². The van der Waals surface area contributed by atoms with Crippen LogP contribution in [0.15, 0.2) is 18.2 Å². The maximum Gasteiger partial charge on any atom is 0.0551 e. The number of hydrogen-bond acceptors (Lipinski definition) is 1. The molecule has 0 saturated carbocycles. The first kappa shape index (κ1) is 12.1. The van der Waals surface area contributed by atoms with E-state index in [2.05, 4.69) is 54.9 Å². The van der Waals surface area contributed by atoms with E-state index < -0.39 is 0 Å². The quantitative estimate of drug-likeness (QED) is 0.740. The van der Waals surface area contributed by atoms with Crippen molar-refractivity contribution in [2.45, 2.75) is 38.1 Å². The summed E-state index contributed by atoms with van der Waals surface area (Å²) in [5.74, 6) is 0.608. The minimum absolute atomic E-state index is 0.414. The van der Waals surface area contributed by atoms with Crippen LogP contribution in [0.1, 0.15) is 34.9 Å². The molecule has 1 fully saturated rings. The third-order valence-electron chi connectivity index (χ3n) is 3.49. The summed E-state index contributed by atoms with van der Waals surface area (Å²) < 4.78 is 5.63. The molecule has 1 aliphatic heterocycles. The Morgan fingerprint density at radius 1 is 1.31 bits per heavy atom. The molecule has 1 aromatic carbocycles. The number of ether oxygens (including phenoxy) is 1. The van der Waals surface area contributed by atoms with Gasteiger partial charge >= 0.3 is 0 Å². The van der Waals surface area contributed by atoms with Crippen molar-refractivity contribution in [2.75, 3.05) is 6.61 Å². The number of aryl methyl sites for hydroxylation is 2. The summed E-state index contributed by atoms with van der Waals surface area (Å²) in [6.45, 7) is 7.36. The van der Waals surface area contributed by atoms with Crippen molar-refractivity contribution in [3.05, 3.63) is 34.9 Å². The van der Waals surface area contributed by atoms with Gasteiger partial charge in [-0.1, -0.05) is 34.1 Å². The SMILES string of the molecule is Cc1ccc(C(Br)C2COC(C)C2)cc1C. The molecular formula is C14H19BrO. The van der Waals surface area contributed by atoms with E-state index in [9.17, 15) is 0 Å². The maximum absolute atomic E-state index is 5.63. The standard InChI is InChI=1S/C14H19BrO/c1-9-4-5-12(6-10(9)2)14(15)13-7-11(3)16-8-13/h4-6,11,13-14H,7-8H2,1-3H3. The second-order valence-electron chi connectivity index (χ2n) is 4.89. The van der Waals surface area contributed by atoms with Crippen LogP contribution in [-0.4, -0.2) is 12.7 Å². The molecule has 3 unspecified atom stereocenters. The number of alkyl halides is 1. The molecule has 0 amide bonds. The Balaban J connectivity index is 2.14. The summed E-state index contributed by atoms with van der Waals surface area (Å²) in [5.41, 5.74) is 4.11. The highest BCUT2D eigenvalue weighted by Gasteiger charge is 2.28. The van der Waals surface area contributed by atoms with E-state index in [1.807, 2.05) is 0 Å². The molecule has 1 nitrogen and oxygen atoms in total. The summed E-state index contributed by atoms with van der Waals surface area (Å²) in [5, 5.41) is 0. The van der Waals surface area contributed by atoms with E-state index in [-0.39, 0.29) is 0 Å². The van der Waals surface area contributed by atoms with Crippen molar-refractivity contribution in [2.24, 2.45) is 5.92 Å². The first-order valence-electron chi connectivity index (χ1n) is 5.90. The van der Waals surface area contributed by atoms with E-state index in [0.29, 0.717) is 16.8 Å². The third-order valence-corrected chi connectivity index (χ3v) is 4.77. The summed E-state index contributed by atoms with van der Waals surface area (Å²) in [6, 6.07) is 6.72. The zero-order valence-corrected chi connectivity index (χ0v) is 11.8. The fraction of sp³-hybridized carbons (Fsp3) is 0.571. The smallest absolute Gasteiger partial charge is 0.0551 e. The average Bonchev–Trinajstić information content (AvgIpc) is 2.68. The lowest BCUT2D eigenvalue weighted by Crippen LogP contribution is -2.07. The third kappa shape index (κ3) is 2.49. The predicted octanol–water partition coefficient (Wildman–Crippen LogP) is 4.16. The van der Waals surface area contributed by atoms with Crippen molar-refractivity contribution in [3.8, 4) is 0 Å². The number of benzene rings is 1. The molecule has 0 bridgehead atoms. The molecule has 16 heavy (non-hydrogen) atoms. The lowest BCUT2D eigenvalue weighted by Gasteiger charge is -2.17. The van der Waals surface area contributed by atoms with Crippen LogP contribution in [0.5, 0.6) is 0 Å². The molecule has 1 aliphatic rings. The second-order valence-corrected chi connectivity index (χ2v) is 5.87. The van der Waals surface area contributed by atoms with Gasteiger partial charge in [0.25, 0.3) is 0 Å². The van der Waals surface area contributed by atoms with Crippen LogP contribution < -0.4 is 0 Å². The molecule has 0 N–H and O–H groups in total.